The van der Waals surface area contributed by atoms with Gasteiger partial charge in [0, 0.05) is 18.3 Å². The summed E-state index contributed by atoms with van der Waals surface area (Å²) in [5, 5.41) is 2.87. The monoisotopic (exact) mass is 236 g/mol. The Morgan fingerprint density at radius 3 is 2.65 bits per heavy atom. The zero-order valence-corrected chi connectivity index (χ0v) is 9.87. The molecule has 1 aromatic heterocycles. The van der Waals surface area contributed by atoms with Crippen molar-refractivity contribution in [1.29, 1.82) is 0 Å². The highest BCUT2D eigenvalue weighted by atomic mass is 19.1. The molecule has 5 heteroatoms. The van der Waals surface area contributed by atoms with E-state index in [1.807, 2.05) is 0 Å². The number of halogens is 1. The molecule has 1 aromatic carbocycles. The summed E-state index contributed by atoms with van der Waals surface area (Å²) >= 11 is 0. The topological polar surface area (TPSA) is 47.0 Å². The highest BCUT2D eigenvalue weighted by molar-refractivity contribution is 5.71. The lowest BCUT2D eigenvalue weighted by Gasteiger charge is -2.06. The van der Waals surface area contributed by atoms with Gasteiger partial charge in [0.05, 0.1) is 12.7 Å². The molecule has 0 aliphatic carbocycles. The summed E-state index contributed by atoms with van der Waals surface area (Å²) in [5.74, 6) is 0.0784. The number of methoxy groups -OCH3 is 1. The van der Waals surface area contributed by atoms with Crippen LogP contribution in [0, 0.1) is 12.7 Å². The van der Waals surface area contributed by atoms with E-state index >= 15 is 0 Å². The quantitative estimate of drug-likeness (QED) is 0.864. The first-order valence-corrected chi connectivity index (χ1v) is 5.14. The van der Waals surface area contributed by atoms with Gasteiger partial charge in [-0.2, -0.15) is 0 Å². The molecule has 0 atom stereocenters. The van der Waals surface area contributed by atoms with Crippen molar-refractivity contribution in [3.05, 3.63) is 40.1 Å². The van der Waals surface area contributed by atoms with Crippen LogP contribution in [0.3, 0.4) is 0 Å². The molecule has 0 bridgehead atoms. The van der Waals surface area contributed by atoms with E-state index in [0.29, 0.717) is 22.6 Å². The lowest BCUT2D eigenvalue weighted by atomic mass is 10.1. The van der Waals surface area contributed by atoms with Crippen molar-refractivity contribution in [2.45, 2.75) is 6.92 Å². The summed E-state index contributed by atoms with van der Waals surface area (Å²) in [7, 11) is 3.10. The first-order valence-electron chi connectivity index (χ1n) is 5.14. The van der Waals surface area contributed by atoms with Crippen molar-refractivity contribution < 1.29 is 9.13 Å². The number of rotatable bonds is 2. The molecule has 0 saturated carbocycles. The minimum Gasteiger partial charge on any atom is -0.496 e. The third kappa shape index (κ3) is 1.84. The van der Waals surface area contributed by atoms with Crippen LogP contribution in [0.15, 0.2) is 23.0 Å². The number of nitrogens with one attached hydrogen (secondary N) is 1. The summed E-state index contributed by atoms with van der Waals surface area (Å²) in [6.07, 6.45) is 0. The molecule has 2 aromatic rings. The number of aryl methyl sites for hydroxylation is 2. The van der Waals surface area contributed by atoms with Crippen molar-refractivity contribution in [3.63, 3.8) is 0 Å². The Hall–Kier alpha value is -2.04. The van der Waals surface area contributed by atoms with Gasteiger partial charge in [0.1, 0.15) is 11.6 Å². The summed E-state index contributed by atoms with van der Waals surface area (Å²) in [6, 6.07) is 4.11. The van der Waals surface area contributed by atoms with Gasteiger partial charge in [0.2, 0.25) is 0 Å². The molecule has 17 heavy (non-hydrogen) atoms. The van der Waals surface area contributed by atoms with Gasteiger partial charge in [-0.3, -0.25) is 14.6 Å². The van der Waals surface area contributed by atoms with E-state index in [4.69, 9.17) is 4.74 Å². The van der Waals surface area contributed by atoms with E-state index < -0.39 is 5.82 Å². The van der Waals surface area contributed by atoms with Crippen LogP contribution in [0.1, 0.15) is 5.69 Å². The number of benzene rings is 1. The van der Waals surface area contributed by atoms with Crippen molar-refractivity contribution in [2.75, 3.05) is 7.11 Å². The number of H-pyrrole nitrogens is 1. The minimum absolute atomic E-state index is 0.202. The van der Waals surface area contributed by atoms with Gasteiger partial charge < -0.3 is 4.74 Å². The van der Waals surface area contributed by atoms with Crippen LogP contribution in [-0.4, -0.2) is 16.9 Å². The normalized spacial score (nSPS) is 10.6. The largest absolute Gasteiger partial charge is 0.496 e. The fraction of sp³-hybridized carbons (Fsp3) is 0.250. The molecule has 0 aliphatic rings. The van der Waals surface area contributed by atoms with Crippen molar-refractivity contribution in [3.8, 4) is 16.9 Å². The number of ether oxygens (including phenoxy) is 1. The predicted octanol–water partition coefficient (Wildman–Crippen LogP) is 1.84. The van der Waals surface area contributed by atoms with Gasteiger partial charge in [-0.05, 0) is 25.1 Å². The van der Waals surface area contributed by atoms with Gasteiger partial charge in [-0.15, -0.1) is 0 Å². The number of hydrogen-bond donors (Lipinski definition) is 1. The fourth-order valence-corrected chi connectivity index (χ4v) is 1.88. The predicted molar refractivity (Wildman–Crippen MR) is 62.7 cm³/mol. The maximum Gasteiger partial charge on any atom is 0.274 e. The van der Waals surface area contributed by atoms with Crippen molar-refractivity contribution in [1.82, 2.24) is 9.78 Å². The molecule has 0 spiro atoms. The van der Waals surface area contributed by atoms with Crippen LogP contribution in [0.2, 0.25) is 0 Å². The Bertz CT molecular complexity index is 613. The second-order valence-corrected chi connectivity index (χ2v) is 3.82. The Kier molecular flexibility index (Phi) is 2.75. The zero-order chi connectivity index (χ0) is 12.6. The van der Waals surface area contributed by atoms with Gasteiger partial charge in [0.25, 0.3) is 5.56 Å². The van der Waals surface area contributed by atoms with E-state index in [9.17, 15) is 9.18 Å². The Morgan fingerprint density at radius 1 is 1.41 bits per heavy atom. The van der Waals surface area contributed by atoms with Gasteiger partial charge in [0.15, 0.2) is 0 Å². The van der Waals surface area contributed by atoms with Gasteiger partial charge in [-0.1, -0.05) is 0 Å². The van der Waals surface area contributed by atoms with Crippen LogP contribution in [0.5, 0.6) is 5.75 Å². The van der Waals surface area contributed by atoms with Crippen molar-refractivity contribution >= 4 is 0 Å². The maximum atomic E-state index is 13.3. The molecule has 1 heterocycles. The second-order valence-electron chi connectivity index (χ2n) is 3.82. The minimum atomic E-state index is -0.400. The van der Waals surface area contributed by atoms with Crippen LogP contribution in [0.4, 0.5) is 4.39 Å². The summed E-state index contributed by atoms with van der Waals surface area (Å²) in [5.41, 5.74) is 1.38. The molecule has 0 fully saturated rings. The molecule has 1 N–H and O–H groups in total. The summed E-state index contributed by atoms with van der Waals surface area (Å²) in [4.78, 5) is 11.9. The molecular weight excluding hydrogens is 223 g/mol. The smallest absolute Gasteiger partial charge is 0.274 e. The van der Waals surface area contributed by atoms with E-state index in [-0.39, 0.29) is 5.56 Å². The van der Waals surface area contributed by atoms with Crippen LogP contribution < -0.4 is 10.3 Å². The molecule has 0 radical (unpaired) electrons. The molecule has 0 aliphatic heterocycles. The Balaban J connectivity index is 2.75. The summed E-state index contributed by atoms with van der Waals surface area (Å²) in [6.45, 7) is 1.76. The highest BCUT2D eigenvalue weighted by Gasteiger charge is 2.16. The molecule has 0 amide bonds. The van der Waals surface area contributed by atoms with E-state index in [1.54, 1.807) is 14.0 Å². The van der Waals surface area contributed by atoms with E-state index in [2.05, 4.69) is 5.10 Å². The first-order chi connectivity index (χ1) is 8.04. The lowest BCUT2D eigenvalue weighted by molar-refractivity contribution is 0.415. The van der Waals surface area contributed by atoms with E-state index in [0.717, 1.165) is 0 Å². The SMILES string of the molecule is COc1ccc(F)cc1-c1c(C)[nH]n(C)c1=O. The molecule has 0 saturated heterocycles. The average molecular weight is 236 g/mol. The summed E-state index contributed by atoms with van der Waals surface area (Å²) < 4.78 is 19.8. The number of aromatic amines is 1. The van der Waals surface area contributed by atoms with Crippen LogP contribution >= 0.6 is 0 Å². The lowest BCUT2D eigenvalue weighted by Crippen LogP contribution is -2.13. The van der Waals surface area contributed by atoms with E-state index in [1.165, 1.54) is 30.0 Å². The standard InChI is InChI=1S/C12H13FN2O2/c1-7-11(12(16)15(2)14-7)9-6-8(13)4-5-10(9)17-3/h4-6,14H,1-3H3. The molecule has 2 rings (SSSR count). The Labute approximate surface area is 97.6 Å². The zero-order valence-electron chi connectivity index (χ0n) is 9.87. The molecule has 90 valence electrons. The van der Waals surface area contributed by atoms with Crippen molar-refractivity contribution in [2.24, 2.45) is 7.05 Å². The fourth-order valence-electron chi connectivity index (χ4n) is 1.88. The third-order valence-electron chi connectivity index (χ3n) is 2.66. The molecular formula is C12H13FN2O2. The highest BCUT2D eigenvalue weighted by Crippen LogP contribution is 2.29. The maximum absolute atomic E-state index is 13.3. The number of hydrogen-bond acceptors (Lipinski definition) is 2. The molecule has 4 nitrogen and oxygen atoms in total. The second kappa shape index (κ2) is 4.08. The Morgan fingerprint density at radius 2 is 2.12 bits per heavy atom. The number of aromatic nitrogens is 2. The first kappa shape index (κ1) is 11.4. The molecule has 0 unspecified atom stereocenters. The number of nitrogens with zero attached hydrogens (tertiary/aromatic N) is 1. The third-order valence-corrected chi connectivity index (χ3v) is 2.66. The van der Waals surface area contributed by atoms with Crippen LogP contribution in [0.25, 0.3) is 11.1 Å². The van der Waals surface area contributed by atoms with Gasteiger partial charge in [-0.25, -0.2) is 4.39 Å². The van der Waals surface area contributed by atoms with Gasteiger partial charge >= 0.3 is 0 Å². The van der Waals surface area contributed by atoms with Crippen LogP contribution in [-0.2, 0) is 7.05 Å². The average Bonchev–Trinajstić information content (AvgIpc) is 2.53.